The third kappa shape index (κ3) is 3.28. The van der Waals surface area contributed by atoms with E-state index in [1.165, 1.54) is 10.6 Å². The quantitative estimate of drug-likeness (QED) is 0.751. The van der Waals surface area contributed by atoms with Crippen LogP contribution in [-0.4, -0.2) is 26.7 Å². The van der Waals surface area contributed by atoms with Crippen LogP contribution in [0.4, 0.5) is 0 Å². The van der Waals surface area contributed by atoms with Crippen LogP contribution in [0.3, 0.4) is 0 Å². The van der Waals surface area contributed by atoms with E-state index in [1.807, 2.05) is 0 Å². The van der Waals surface area contributed by atoms with Gasteiger partial charge in [-0.1, -0.05) is 41.8 Å². The molecule has 0 aromatic heterocycles. The van der Waals surface area contributed by atoms with Gasteiger partial charge in [0.15, 0.2) is 0 Å². The molecule has 0 saturated carbocycles. The fourth-order valence-corrected chi connectivity index (χ4v) is 3.74. The highest BCUT2D eigenvalue weighted by Crippen LogP contribution is 2.38. The predicted octanol–water partition coefficient (Wildman–Crippen LogP) is 2.42. The molecule has 0 atom stereocenters. The monoisotopic (exact) mass is 262 g/mol. The molecule has 0 amide bonds. The molecule has 0 heterocycles. The Kier molecular flexibility index (Phi) is 3.76. The first-order valence-electron chi connectivity index (χ1n) is 4.42. The molecule has 0 nitrogen and oxygen atoms in total. The molecule has 0 radical (unpaired) electrons. The first-order chi connectivity index (χ1) is 6.21. The standard InChI is InChI=1S/C10H16P2S2/c1-11(2,13)9-6-5-7-10(8-9)12(3,4)14/h5-8H,1-4H3. The van der Waals surface area contributed by atoms with Crippen molar-refractivity contribution in [3.05, 3.63) is 24.3 Å². The topological polar surface area (TPSA) is 0 Å². The Bertz CT molecular complexity index is 388. The maximum atomic E-state index is 5.52. The highest BCUT2D eigenvalue weighted by Gasteiger charge is 2.10. The van der Waals surface area contributed by atoms with Crippen molar-refractivity contribution in [1.82, 2.24) is 0 Å². The van der Waals surface area contributed by atoms with E-state index >= 15 is 0 Å². The molecule has 0 aliphatic heterocycles. The smallest absolute Gasteiger partial charge is 0.0141 e. The van der Waals surface area contributed by atoms with Gasteiger partial charge in [-0.2, -0.15) is 0 Å². The molecule has 14 heavy (non-hydrogen) atoms. The summed E-state index contributed by atoms with van der Waals surface area (Å²) in [5.41, 5.74) is 0. The minimum Gasteiger partial charge on any atom is -0.0931 e. The second-order valence-corrected chi connectivity index (χ2v) is 16.1. The van der Waals surface area contributed by atoms with E-state index < -0.39 is 12.1 Å². The third-order valence-corrected chi connectivity index (χ3v) is 6.38. The van der Waals surface area contributed by atoms with Crippen molar-refractivity contribution < 1.29 is 0 Å². The lowest BCUT2D eigenvalue weighted by Crippen LogP contribution is -2.11. The van der Waals surface area contributed by atoms with Crippen molar-refractivity contribution in [2.75, 3.05) is 26.7 Å². The SMILES string of the molecule is CP(C)(=S)c1cccc(P(C)(C)=S)c1. The van der Waals surface area contributed by atoms with Crippen LogP contribution in [-0.2, 0) is 23.6 Å². The number of hydrogen-bond acceptors (Lipinski definition) is 2. The molecule has 0 unspecified atom stereocenters. The van der Waals surface area contributed by atoms with Crippen molar-refractivity contribution in [3.63, 3.8) is 0 Å². The van der Waals surface area contributed by atoms with Crippen LogP contribution in [0.1, 0.15) is 0 Å². The highest BCUT2D eigenvalue weighted by atomic mass is 32.4. The second kappa shape index (κ2) is 4.18. The van der Waals surface area contributed by atoms with E-state index in [0.717, 1.165) is 0 Å². The van der Waals surface area contributed by atoms with E-state index in [4.69, 9.17) is 23.6 Å². The molecule has 4 heteroatoms. The van der Waals surface area contributed by atoms with Crippen LogP contribution in [0.2, 0.25) is 0 Å². The first kappa shape index (κ1) is 12.6. The van der Waals surface area contributed by atoms with E-state index in [-0.39, 0.29) is 0 Å². The van der Waals surface area contributed by atoms with Gasteiger partial charge in [0.25, 0.3) is 0 Å². The molecule has 1 aromatic carbocycles. The summed E-state index contributed by atoms with van der Waals surface area (Å²) in [6, 6.07) is 5.96. The summed E-state index contributed by atoms with van der Waals surface area (Å²) in [4.78, 5) is 0. The Labute approximate surface area is 97.1 Å². The van der Waals surface area contributed by atoms with Crippen LogP contribution < -0.4 is 10.6 Å². The van der Waals surface area contributed by atoms with Crippen molar-refractivity contribution in [3.8, 4) is 0 Å². The lowest BCUT2D eigenvalue weighted by atomic mass is 10.4. The van der Waals surface area contributed by atoms with E-state index in [0.29, 0.717) is 0 Å². The minimum absolute atomic E-state index is 1.31. The molecule has 1 rings (SSSR count). The van der Waals surface area contributed by atoms with Gasteiger partial charge in [0.2, 0.25) is 0 Å². The number of benzene rings is 1. The molecular formula is C10H16P2S2. The predicted molar refractivity (Wildman–Crippen MR) is 78.0 cm³/mol. The van der Waals surface area contributed by atoms with Gasteiger partial charge >= 0.3 is 0 Å². The summed E-state index contributed by atoms with van der Waals surface area (Å²) < 4.78 is 0. The van der Waals surface area contributed by atoms with E-state index in [9.17, 15) is 0 Å². The first-order valence-corrected chi connectivity index (χ1v) is 11.8. The van der Waals surface area contributed by atoms with Gasteiger partial charge in [-0.05, 0) is 55.4 Å². The minimum atomic E-state index is -1.31. The van der Waals surface area contributed by atoms with Crippen LogP contribution in [0.5, 0.6) is 0 Å². The third-order valence-electron chi connectivity index (χ3n) is 2.07. The van der Waals surface area contributed by atoms with Crippen molar-refractivity contribution in [2.45, 2.75) is 0 Å². The maximum Gasteiger partial charge on any atom is -0.0141 e. The normalized spacial score (nSPS) is 12.9. The lowest BCUT2D eigenvalue weighted by molar-refractivity contribution is 1.82. The fraction of sp³-hybridized carbons (Fsp3) is 0.400. The largest absolute Gasteiger partial charge is 0.0931 e. The van der Waals surface area contributed by atoms with Crippen molar-refractivity contribution in [2.24, 2.45) is 0 Å². The Morgan fingerprint density at radius 3 is 1.50 bits per heavy atom. The van der Waals surface area contributed by atoms with Gasteiger partial charge in [-0.3, -0.25) is 0 Å². The Hall–Kier alpha value is 0.520. The van der Waals surface area contributed by atoms with Crippen LogP contribution in [0.25, 0.3) is 0 Å². The van der Waals surface area contributed by atoms with Crippen molar-refractivity contribution in [1.29, 1.82) is 0 Å². The second-order valence-electron chi connectivity index (χ2n) is 4.22. The van der Waals surface area contributed by atoms with Crippen LogP contribution >= 0.6 is 12.1 Å². The molecule has 0 bridgehead atoms. The Balaban J connectivity index is 3.29. The molecule has 0 aliphatic carbocycles. The van der Waals surface area contributed by atoms with Gasteiger partial charge in [0.1, 0.15) is 0 Å². The molecule has 0 saturated heterocycles. The van der Waals surface area contributed by atoms with Gasteiger partial charge in [-0.25, -0.2) is 0 Å². The van der Waals surface area contributed by atoms with Gasteiger partial charge in [0, 0.05) is 0 Å². The highest BCUT2D eigenvalue weighted by molar-refractivity contribution is 8.18. The van der Waals surface area contributed by atoms with Gasteiger partial charge in [0.05, 0.1) is 0 Å². The lowest BCUT2D eigenvalue weighted by Gasteiger charge is -2.15. The summed E-state index contributed by atoms with van der Waals surface area (Å²) in [7, 11) is 0. The Morgan fingerprint density at radius 1 is 0.857 bits per heavy atom. The zero-order valence-electron chi connectivity index (χ0n) is 9.02. The zero-order valence-corrected chi connectivity index (χ0v) is 12.4. The van der Waals surface area contributed by atoms with E-state index in [2.05, 4.69) is 50.9 Å². The van der Waals surface area contributed by atoms with Gasteiger partial charge < -0.3 is 0 Å². The average molecular weight is 262 g/mol. The van der Waals surface area contributed by atoms with Gasteiger partial charge in [-0.15, -0.1) is 0 Å². The zero-order chi connectivity index (χ0) is 11.0. The summed E-state index contributed by atoms with van der Waals surface area (Å²) in [6.07, 6.45) is 0. The van der Waals surface area contributed by atoms with Crippen LogP contribution in [0, 0.1) is 0 Å². The summed E-state index contributed by atoms with van der Waals surface area (Å²) in [5.74, 6) is 0. The number of hydrogen-bond donors (Lipinski definition) is 0. The molecule has 78 valence electrons. The summed E-state index contributed by atoms with van der Waals surface area (Å²) in [5, 5.41) is 2.62. The fourth-order valence-electron chi connectivity index (χ4n) is 1.16. The molecule has 0 fully saturated rings. The molecule has 0 aliphatic rings. The molecule has 1 aromatic rings. The summed E-state index contributed by atoms with van der Waals surface area (Å²) >= 11 is 11.0. The molecular weight excluding hydrogens is 246 g/mol. The molecule has 0 spiro atoms. The maximum absolute atomic E-state index is 5.52. The average Bonchev–Trinajstić information content (AvgIpc) is 2.01. The summed E-state index contributed by atoms with van der Waals surface area (Å²) in [6.45, 7) is 8.65. The van der Waals surface area contributed by atoms with Crippen LogP contribution in [0.15, 0.2) is 24.3 Å². The van der Waals surface area contributed by atoms with Crippen molar-refractivity contribution >= 4 is 46.3 Å². The Morgan fingerprint density at radius 2 is 1.21 bits per heavy atom. The number of rotatable bonds is 2. The molecule has 0 N–H and O–H groups in total. The van der Waals surface area contributed by atoms with E-state index in [1.54, 1.807) is 0 Å².